The monoisotopic (exact) mass is 314 g/mol. The Morgan fingerprint density at radius 1 is 1.48 bits per heavy atom. The molecule has 2 aliphatic rings. The van der Waals surface area contributed by atoms with E-state index in [2.05, 4.69) is 17.4 Å². The maximum Gasteiger partial charge on any atom is 0.305 e. The maximum absolute atomic E-state index is 12.2. The molecule has 1 aliphatic carbocycles. The lowest BCUT2D eigenvalue weighted by Crippen LogP contribution is -2.15. The second-order valence-electron chi connectivity index (χ2n) is 6.25. The highest BCUT2D eigenvalue weighted by molar-refractivity contribution is 5.86. The first-order chi connectivity index (χ1) is 11.2. The van der Waals surface area contributed by atoms with Crippen LogP contribution in [0.15, 0.2) is 30.9 Å². The zero-order chi connectivity index (χ0) is 16.4. The largest absolute Gasteiger partial charge is 0.489 e. The Balaban J connectivity index is 1.78. The van der Waals surface area contributed by atoms with Gasteiger partial charge in [0.15, 0.2) is 0 Å². The smallest absolute Gasteiger partial charge is 0.305 e. The zero-order valence-corrected chi connectivity index (χ0v) is 13.4. The van der Waals surface area contributed by atoms with Crippen molar-refractivity contribution in [2.24, 2.45) is 5.92 Å². The molecule has 0 radical (unpaired) electrons. The molecule has 1 aromatic carbocycles. The molecule has 1 fully saturated rings. The first kappa shape index (κ1) is 15.8. The molecule has 3 atom stereocenters. The molecule has 0 aromatic heterocycles. The maximum atomic E-state index is 12.2. The van der Waals surface area contributed by atoms with E-state index in [1.807, 2.05) is 18.2 Å². The predicted molar refractivity (Wildman–Crippen MR) is 86.5 cm³/mol. The second kappa shape index (κ2) is 6.57. The van der Waals surface area contributed by atoms with Crippen molar-refractivity contribution in [2.75, 3.05) is 7.11 Å². The lowest BCUT2D eigenvalue weighted by molar-refractivity contribution is -0.140. The number of ketones is 1. The van der Waals surface area contributed by atoms with Gasteiger partial charge in [-0.05, 0) is 24.8 Å². The van der Waals surface area contributed by atoms with E-state index in [0.717, 1.165) is 29.7 Å². The fourth-order valence-electron chi connectivity index (χ4n) is 3.81. The highest BCUT2D eigenvalue weighted by Gasteiger charge is 2.49. The number of carbonyl (C=O) groups is 2. The third-order valence-corrected chi connectivity index (χ3v) is 4.88. The summed E-state index contributed by atoms with van der Waals surface area (Å²) in [4.78, 5) is 23.4. The summed E-state index contributed by atoms with van der Waals surface area (Å²) in [5.41, 5.74) is 2.26. The number of aryl methyl sites for hydroxylation is 1. The minimum atomic E-state index is -0.188. The lowest BCUT2D eigenvalue weighted by Gasteiger charge is -2.14. The summed E-state index contributed by atoms with van der Waals surface area (Å²) in [7, 11) is 1.41. The zero-order valence-electron chi connectivity index (χ0n) is 13.4. The number of benzene rings is 1. The minimum Gasteiger partial charge on any atom is -0.489 e. The predicted octanol–water partition coefficient (Wildman–Crippen LogP) is 3.19. The van der Waals surface area contributed by atoms with Crippen LogP contribution in [-0.4, -0.2) is 25.0 Å². The summed E-state index contributed by atoms with van der Waals surface area (Å²) in [5, 5.41) is 0. The molecule has 0 saturated heterocycles. The van der Waals surface area contributed by atoms with E-state index in [4.69, 9.17) is 4.74 Å². The number of Topliss-reactive ketones (excluding diaryl/α,β-unsaturated/α-hetero) is 1. The molecule has 1 aromatic rings. The summed E-state index contributed by atoms with van der Waals surface area (Å²) < 4.78 is 10.8. The Labute approximate surface area is 136 Å². The van der Waals surface area contributed by atoms with Crippen LogP contribution in [-0.2, 0) is 20.7 Å². The SMILES string of the molecule is C=CCC1C(=O)CC2Oc3c(CCCC(=O)OC)cccc3C21. The van der Waals surface area contributed by atoms with Gasteiger partial charge in [0.1, 0.15) is 17.6 Å². The molecule has 23 heavy (non-hydrogen) atoms. The van der Waals surface area contributed by atoms with Crippen LogP contribution < -0.4 is 4.74 Å². The quantitative estimate of drug-likeness (QED) is 0.598. The lowest BCUT2D eigenvalue weighted by atomic mass is 9.85. The van der Waals surface area contributed by atoms with Crippen LogP contribution in [0.5, 0.6) is 5.75 Å². The average Bonchev–Trinajstić information content (AvgIpc) is 3.04. The van der Waals surface area contributed by atoms with Crippen molar-refractivity contribution in [2.45, 2.75) is 44.1 Å². The molecular weight excluding hydrogens is 292 g/mol. The van der Waals surface area contributed by atoms with Crippen molar-refractivity contribution in [1.29, 1.82) is 0 Å². The van der Waals surface area contributed by atoms with Gasteiger partial charge in [-0.25, -0.2) is 0 Å². The Morgan fingerprint density at radius 3 is 3.04 bits per heavy atom. The number of fused-ring (bicyclic) bond motifs is 3. The van der Waals surface area contributed by atoms with Gasteiger partial charge in [0, 0.05) is 30.2 Å². The Kier molecular flexibility index (Phi) is 4.51. The third-order valence-electron chi connectivity index (χ3n) is 4.88. The van der Waals surface area contributed by atoms with Crippen LogP contribution in [0.25, 0.3) is 0 Å². The van der Waals surface area contributed by atoms with Crippen LogP contribution in [0.1, 0.15) is 42.7 Å². The first-order valence-corrected chi connectivity index (χ1v) is 8.14. The molecular formula is C19H22O4. The highest BCUT2D eigenvalue weighted by atomic mass is 16.5. The molecule has 1 saturated carbocycles. The first-order valence-electron chi connectivity index (χ1n) is 8.14. The number of hydrogen-bond donors (Lipinski definition) is 0. The molecule has 0 spiro atoms. The van der Waals surface area contributed by atoms with Crippen molar-refractivity contribution in [1.82, 2.24) is 0 Å². The number of hydrogen-bond acceptors (Lipinski definition) is 4. The molecule has 3 rings (SSSR count). The van der Waals surface area contributed by atoms with E-state index < -0.39 is 0 Å². The standard InChI is InChI=1S/C19H22O4/c1-3-6-13-15(20)11-16-18(13)14-9-4-7-12(19(14)23-16)8-5-10-17(21)22-2/h3-4,7,9,13,16,18H,1,5-6,8,10-11H2,2H3. The summed E-state index contributed by atoms with van der Waals surface area (Å²) in [6, 6.07) is 6.13. The van der Waals surface area contributed by atoms with Crippen LogP contribution in [0.2, 0.25) is 0 Å². The molecule has 3 unspecified atom stereocenters. The van der Waals surface area contributed by atoms with Gasteiger partial charge in [-0.1, -0.05) is 24.3 Å². The van der Waals surface area contributed by atoms with Gasteiger partial charge in [-0.15, -0.1) is 6.58 Å². The van der Waals surface area contributed by atoms with Crippen LogP contribution >= 0.6 is 0 Å². The van der Waals surface area contributed by atoms with Crippen LogP contribution in [0, 0.1) is 5.92 Å². The number of rotatable bonds is 6. The second-order valence-corrected chi connectivity index (χ2v) is 6.25. The molecule has 0 bridgehead atoms. The summed E-state index contributed by atoms with van der Waals surface area (Å²) in [6.45, 7) is 3.77. The average molecular weight is 314 g/mol. The minimum absolute atomic E-state index is 0.0101. The molecule has 1 heterocycles. The van der Waals surface area contributed by atoms with Gasteiger partial charge in [-0.3, -0.25) is 9.59 Å². The van der Waals surface area contributed by atoms with Crippen molar-refractivity contribution >= 4 is 11.8 Å². The van der Waals surface area contributed by atoms with Crippen molar-refractivity contribution in [3.8, 4) is 5.75 Å². The Morgan fingerprint density at radius 2 is 2.30 bits per heavy atom. The topological polar surface area (TPSA) is 52.6 Å². The summed E-state index contributed by atoms with van der Waals surface area (Å²) >= 11 is 0. The number of allylic oxidation sites excluding steroid dienone is 1. The van der Waals surface area contributed by atoms with E-state index >= 15 is 0 Å². The normalized spacial score (nSPS) is 24.7. The Bertz CT molecular complexity index is 634. The van der Waals surface area contributed by atoms with E-state index in [1.165, 1.54) is 7.11 Å². The highest BCUT2D eigenvalue weighted by Crippen LogP contribution is 2.51. The number of para-hydroxylation sites is 1. The van der Waals surface area contributed by atoms with Crippen molar-refractivity contribution in [3.05, 3.63) is 42.0 Å². The number of carbonyl (C=O) groups excluding carboxylic acids is 2. The molecule has 0 amide bonds. The molecule has 4 nitrogen and oxygen atoms in total. The number of methoxy groups -OCH3 is 1. The van der Waals surface area contributed by atoms with Gasteiger partial charge in [0.25, 0.3) is 0 Å². The fraction of sp³-hybridized carbons (Fsp3) is 0.474. The van der Waals surface area contributed by atoms with E-state index in [9.17, 15) is 9.59 Å². The number of esters is 1. The van der Waals surface area contributed by atoms with Crippen LogP contribution in [0.3, 0.4) is 0 Å². The van der Waals surface area contributed by atoms with Gasteiger partial charge in [0.05, 0.1) is 7.11 Å². The van der Waals surface area contributed by atoms with Gasteiger partial charge >= 0.3 is 5.97 Å². The van der Waals surface area contributed by atoms with E-state index in [1.54, 1.807) is 0 Å². The molecule has 0 N–H and O–H groups in total. The van der Waals surface area contributed by atoms with Gasteiger partial charge in [0.2, 0.25) is 0 Å². The third kappa shape index (κ3) is 2.90. The molecule has 4 heteroatoms. The fourth-order valence-corrected chi connectivity index (χ4v) is 3.81. The van der Waals surface area contributed by atoms with Gasteiger partial charge < -0.3 is 9.47 Å². The summed E-state index contributed by atoms with van der Waals surface area (Å²) in [6.07, 6.45) is 4.89. The van der Waals surface area contributed by atoms with Crippen molar-refractivity contribution in [3.63, 3.8) is 0 Å². The van der Waals surface area contributed by atoms with Crippen LogP contribution in [0.4, 0.5) is 0 Å². The molecule has 122 valence electrons. The Hall–Kier alpha value is -2.10. The number of ether oxygens (including phenoxy) is 2. The van der Waals surface area contributed by atoms with Gasteiger partial charge in [-0.2, -0.15) is 0 Å². The molecule has 1 aliphatic heterocycles. The van der Waals surface area contributed by atoms with E-state index in [-0.39, 0.29) is 29.7 Å². The van der Waals surface area contributed by atoms with E-state index in [0.29, 0.717) is 19.3 Å². The van der Waals surface area contributed by atoms with Crippen molar-refractivity contribution < 1.29 is 19.1 Å². The summed E-state index contributed by atoms with van der Waals surface area (Å²) in [5.74, 6) is 1.16.